The van der Waals surface area contributed by atoms with Crippen LogP contribution < -0.4 is 0 Å². The highest BCUT2D eigenvalue weighted by atomic mass is 15.3. The first kappa shape index (κ1) is 31.9. The van der Waals surface area contributed by atoms with Gasteiger partial charge in [-0.2, -0.15) is 0 Å². The molecule has 6 nitrogen and oxygen atoms in total. The second-order valence-electron chi connectivity index (χ2n) is 13.3. The zero-order chi connectivity index (χ0) is 28.8. The lowest BCUT2D eigenvalue weighted by Gasteiger charge is -2.40. The van der Waals surface area contributed by atoms with Crippen molar-refractivity contribution in [2.24, 2.45) is 0 Å². The summed E-state index contributed by atoms with van der Waals surface area (Å²) >= 11 is 0. The van der Waals surface area contributed by atoms with Gasteiger partial charge in [-0.15, -0.1) is 0 Å². The Hall–Kier alpha value is -1.02. The highest BCUT2D eigenvalue weighted by Gasteiger charge is 2.28. The van der Waals surface area contributed by atoms with Crippen molar-refractivity contribution < 1.29 is 0 Å². The number of hydrogen-bond acceptors (Lipinski definition) is 6. The van der Waals surface area contributed by atoms with Crippen molar-refractivity contribution in [1.29, 1.82) is 0 Å². The largest absolute Gasteiger partial charge is 0.304 e. The van der Waals surface area contributed by atoms with E-state index in [2.05, 4.69) is 84.9 Å². The zero-order valence-corrected chi connectivity index (χ0v) is 27.6. The van der Waals surface area contributed by atoms with Gasteiger partial charge in [0.25, 0.3) is 0 Å². The Bertz CT molecular complexity index is 860. The summed E-state index contributed by atoms with van der Waals surface area (Å²) in [5.74, 6) is 0. The van der Waals surface area contributed by atoms with Gasteiger partial charge in [-0.25, -0.2) is 0 Å². The van der Waals surface area contributed by atoms with Crippen LogP contribution in [0.4, 0.5) is 0 Å². The topological polar surface area (TPSA) is 19.4 Å². The number of likely N-dealkylation sites (N-methyl/N-ethyl adjacent to an activating group) is 1. The van der Waals surface area contributed by atoms with Crippen molar-refractivity contribution in [3.8, 4) is 0 Å². The van der Waals surface area contributed by atoms with Gasteiger partial charge in [0.2, 0.25) is 0 Å². The molecule has 0 saturated carbocycles. The first-order valence-corrected chi connectivity index (χ1v) is 16.8. The van der Waals surface area contributed by atoms with Crippen LogP contribution in [0.1, 0.15) is 81.8 Å². The molecule has 0 N–H and O–H groups in total. The molecule has 1 aromatic carbocycles. The maximum Gasteiger partial charge on any atom is 0.0240 e. The Kier molecular flexibility index (Phi) is 11.9. The van der Waals surface area contributed by atoms with Gasteiger partial charge in [0.05, 0.1) is 0 Å². The fourth-order valence-electron chi connectivity index (χ4n) is 7.50. The SMILES string of the molecule is CCc1c(CN2CCN(C)CC2)c(CC)c(CN2CCN(C(C)C)CC2)c(CC)c1CN1CCN(C(C)C)CC1. The van der Waals surface area contributed by atoms with Crippen LogP contribution in [-0.4, -0.2) is 127 Å². The number of nitrogens with zero attached hydrogens (tertiary/aromatic N) is 6. The average Bonchev–Trinajstić information content (AvgIpc) is 2.95. The molecule has 0 unspecified atom stereocenters. The van der Waals surface area contributed by atoms with Gasteiger partial charge in [0.1, 0.15) is 0 Å². The van der Waals surface area contributed by atoms with E-state index in [0.717, 1.165) is 38.9 Å². The van der Waals surface area contributed by atoms with Crippen molar-refractivity contribution in [2.45, 2.75) is 99.4 Å². The standard InChI is InChI=1S/C34H62N6/c1-9-29-32(24-36-14-12-35(8)13-15-36)30(10-2)34(26-38-18-22-40(23-19-38)28(6)7)31(11-3)33(29)25-37-16-20-39(21-17-37)27(4)5/h27-28H,9-26H2,1-8H3. The molecule has 3 saturated heterocycles. The molecule has 3 heterocycles. The van der Waals surface area contributed by atoms with Gasteiger partial charge >= 0.3 is 0 Å². The van der Waals surface area contributed by atoms with E-state index < -0.39 is 0 Å². The van der Waals surface area contributed by atoms with E-state index in [0.29, 0.717) is 12.1 Å². The van der Waals surface area contributed by atoms with Crippen LogP contribution in [0.2, 0.25) is 0 Å². The summed E-state index contributed by atoms with van der Waals surface area (Å²) in [7, 11) is 2.27. The van der Waals surface area contributed by atoms with Crippen LogP contribution in [0.3, 0.4) is 0 Å². The minimum atomic E-state index is 0.654. The van der Waals surface area contributed by atoms with Crippen molar-refractivity contribution in [3.05, 3.63) is 33.4 Å². The monoisotopic (exact) mass is 555 g/mol. The minimum Gasteiger partial charge on any atom is -0.304 e. The quantitative estimate of drug-likeness (QED) is 0.406. The molecule has 0 amide bonds. The van der Waals surface area contributed by atoms with Crippen LogP contribution in [-0.2, 0) is 38.9 Å². The van der Waals surface area contributed by atoms with Crippen molar-refractivity contribution >= 4 is 0 Å². The van der Waals surface area contributed by atoms with Crippen LogP contribution in [0.25, 0.3) is 0 Å². The van der Waals surface area contributed by atoms with Crippen molar-refractivity contribution in [3.63, 3.8) is 0 Å². The predicted octanol–water partition coefficient (Wildman–Crippen LogP) is 4.17. The third kappa shape index (κ3) is 7.67. The third-order valence-electron chi connectivity index (χ3n) is 10.3. The molecule has 0 radical (unpaired) electrons. The highest BCUT2D eigenvalue weighted by molar-refractivity contribution is 5.52. The molecule has 0 aromatic heterocycles. The Morgan fingerprint density at radius 2 is 0.700 bits per heavy atom. The van der Waals surface area contributed by atoms with Gasteiger partial charge in [-0.1, -0.05) is 20.8 Å². The summed E-state index contributed by atoms with van der Waals surface area (Å²) in [5, 5.41) is 0. The number of benzene rings is 1. The second-order valence-corrected chi connectivity index (χ2v) is 13.3. The molecule has 3 aliphatic heterocycles. The van der Waals surface area contributed by atoms with Crippen molar-refractivity contribution in [1.82, 2.24) is 29.4 Å². The third-order valence-corrected chi connectivity index (χ3v) is 10.3. The Labute approximate surface area is 247 Å². The van der Waals surface area contributed by atoms with E-state index >= 15 is 0 Å². The molecule has 228 valence electrons. The van der Waals surface area contributed by atoms with Gasteiger partial charge in [-0.05, 0) is 87.4 Å². The van der Waals surface area contributed by atoms with Crippen molar-refractivity contribution in [2.75, 3.05) is 85.6 Å². The summed E-state index contributed by atoms with van der Waals surface area (Å²) in [5.41, 5.74) is 10.1. The van der Waals surface area contributed by atoms with Crippen LogP contribution in [0, 0.1) is 0 Å². The molecular weight excluding hydrogens is 492 g/mol. The summed E-state index contributed by atoms with van der Waals surface area (Å²) in [6, 6.07) is 1.31. The number of piperazine rings is 3. The summed E-state index contributed by atoms with van der Waals surface area (Å²) in [4.78, 5) is 16.1. The fourth-order valence-corrected chi connectivity index (χ4v) is 7.50. The molecule has 0 spiro atoms. The molecule has 1 aromatic rings. The molecule has 40 heavy (non-hydrogen) atoms. The van der Waals surface area contributed by atoms with E-state index in [9.17, 15) is 0 Å². The Balaban J connectivity index is 1.69. The zero-order valence-electron chi connectivity index (χ0n) is 27.6. The van der Waals surface area contributed by atoms with E-state index in [4.69, 9.17) is 0 Å². The van der Waals surface area contributed by atoms with Crippen LogP contribution in [0.5, 0.6) is 0 Å². The van der Waals surface area contributed by atoms with Gasteiger partial charge in [-0.3, -0.25) is 24.5 Å². The van der Waals surface area contributed by atoms with Gasteiger partial charge in [0.15, 0.2) is 0 Å². The lowest BCUT2D eigenvalue weighted by Crippen LogP contribution is -2.49. The lowest BCUT2D eigenvalue weighted by molar-refractivity contribution is 0.102. The van der Waals surface area contributed by atoms with E-state index in [1.807, 2.05) is 0 Å². The first-order chi connectivity index (χ1) is 19.2. The maximum absolute atomic E-state index is 2.77. The molecule has 6 heteroatoms. The van der Waals surface area contributed by atoms with Gasteiger partial charge < -0.3 is 4.90 Å². The fraction of sp³-hybridized carbons (Fsp3) is 0.824. The highest BCUT2D eigenvalue weighted by Crippen LogP contribution is 2.34. The Morgan fingerprint density at radius 1 is 0.425 bits per heavy atom. The molecule has 3 fully saturated rings. The average molecular weight is 555 g/mol. The summed E-state index contributed by atoms with van der Waals surface area (Å²) in [6.07, 6.45) is 3.45. The molecule has 0 atom stereocenters. The van der Waals surface area contributed by atoms with Crippen LogP contribution >= 0.6 is 0 Å². The maximum atomic E-state index is 2.77. The van der Waals surface area contributed by atoms with Crippen LogP contribution in [0.15, 0.2) is 0 Å². The minimum absolute atomic E-state index is 0.654. The molecule has 0 aliphatic carbocycles. The number of hydrogen-bond donors (Lipinski definition) is 0. The first-order valence-electron chi connectivity index (χ1n) is 16.8. The summed E-state index contributed by atoms with van der Waals surface area (Å²) < 4.78 is 0. The summed E-state index contributed by atoms with van der Waals surface area (Å²) in [6.45, 7) is 34.4. The van der Waals surface area contributed by atoms with E-state index in [-0.39, 0.29) is 0 Å². The number of rotatable bonds is 11. The second kappa shape index (κ2) is 14.9. The van der Waals surface area contributed by atoms with E-state index in [1.165, 1.54) is 78.5 Å². The normalized spacial score (nSPS) is 21.8. The van der Waals surface area contributed by atoms with E-state index in [1.54, 1.807) is 33.4 Å². The molecular formula is C34H62N6. The smallest absolute Gasteiger partial charge is 0.0240 e. The lowest BCUT2D eigenvalue weighted by atomic mass is 9.82. The molecule has 4 rings (SSSR count). The predicted molar refractivity (Wildman–Crippen MR) is 171 cm³/mol. The Morgan fingerprint density at radius 3 is 0.950 bits per heavy atom. The van der Waals surface area contributed by atoms with Gasteiger partial charge in [0, 0.05) is 110 Å². The molecule has 3 aliphatic rings. The molecule has 0 bridgehead atoms.